The first-order valence-corrected chi connectivity index (χ1v) is 6.08. The number of nitrogens with zero attached hydrogens (tertiary/aromatic N) is 2. The fraction of sp³-hybridized carbons (Fsp3) is 0.286. The molecule has 1 aromatic carbocycles. The lowest BCUT2D eigenvalue weighted by molar-refractivity contribution is 0.0822. The molecule has 4 heteroatoms. The number of anilines is 1. The van der Waals surface area contributed by atoms with Gasteiger partial charge in [-0.2, -0.15) is 5.10 Å². The maximum atomic E-state index is 12.3. The Bertz CT molecular complexity index is 571. The highest BCUT2D eigenvalue weighted by Gasteiger charge is 2.28. The van der Waals surface area contributed by atoms with Crippen LogP contribution in [0, 0.1) is 12.8 Å². The summed E-state index contributed by atoms with van der Waals surface area (Å²) in [5.74, 6) is 0.0205. The molecule has 1 aromatic heterocycles. The molecule has 3 rings (SSSR count). The van der Waals surface area contributed by atoms with Crippen molar-refractivity contribution >= 4 is 11.6 Å². The molecular weight excluding hydrogens is 226 g/mol. The van der Waals surface area contributed by atoms with Crippen molar-refractivity contribution in [3.05, 3.63) is 47.3 Å². The van der Waals surface area contributed by atoms with Gasteiger partial charge in [-0.05, 0) is 30.9 Å². The highest BCUT2D eigenvalue weighted by atomic mass is 16.2. The van der Waals surface area contributed by atoms with Gasteiger partial charge < -0.3 is 5.73 Å². The Morgan fingerprint density at radius 2 is 1.94 bits per heavy atom. The van der Waals surface area contributed by atoms with E-state index in [1.165, 1.54) is 15.8 Å². The van der Waals surface area contributed by atoms with Gasteiger partial charge >= 0.3 is 0 Å². The van der Waals surface area contributed by atoms with Gasteiger partial charge in [0.1, 0.15) is 0 Å². The number of aromatic nitrogens is 2. The predicted octanol–water partition coefficient (Wildman–Crippen LogP) is 1.83. The monoisotopic (exact) mass is 241 g/mol. The zero-order chi connectivity index (χ0) is 12.7. The number of aryl methyl sites for hydroxylation is 1. The average Bonchev–Trinajstić information content (AvgIpc) is 2.93. The largest absolute Gasteiger partial charge is 0.396 e. The molecule has 18 heavy (non-hydrogen) atoms. The van der Waals surface area contributed by atoms with Crippen LogP contribution in [0.3, 0.4) is 0 Å². The normalized spacial score (nSPS) is 14.7. The second kappa shape index (κ2) is 3.98. The van der Waals surface area contributed by atoms with Crippen LogP contribution in [0.2, 0.25) is 0 Å². The molecule has 2 aromatic rings. The van der Waals surface area contributed by atoms with E-state index in [1.807, 2.05) is 19.1 Å². The van der Waals surface area contributed by atoms with Crippen molar-refractivity contribution in [3.63, 3.8) is 0 Å². The number of carbonyl (C=O) groups is 1. The summed E-state index contributed by atoms with van der Waals surface area (Å²) in [6, 6.07) is 8.21. The Labute approximate surface area is 105 Å². The molecule has 0 radical (unpaired) electrons. The van der Waals surface area contributed by atoms with Crippen LogP contribution >= 0.6 is 0 Å². The minimum Gasteiger partial charge on any atom is -0.396 e. The lowest BCUT2D eigenvalue weighted by atomic mass is 10.1. The molecule has 92 valence electrons. The molecule has 0 aliphatic heterocycles. The molecule has 0 spiro atoms. The van der Waals surface area contributed by atoms with Gasteiger partial charge in [-0.25, -0.2) is 4.68 Å². The number of carbonyl (C=O) groups excluding carboxylic acids is 1. The molecule has 1 heterocycles. The highest BCUT2D eigenvalue weighted by molar-refractivity contribution is 5.82. The number of nitrogen functional groups attached to an aromatic ring is 1. The topological polar surface area (TPSA) is 60.9 Å². The van der Waals surface area contributed by atoms with Crippen LogP contribution in [-0.4, -0.2) is 15.7 Å². The lowest BCUT2D eigenvalue weighted by Gasteiger charge is -2.06. The molecule has 2 N–H and O–H groups in total. The van der Waals surface area contributed by atoms with Crippen molar-refractivity contribution in [1.82, 2.24) is 9.78 Å². The van der Waals surface area contributed by atoms with Crippen molar-refractivity contribution in [2.45, 2.75) is 19.8 Å². The maximum Gasteiger partial charge on any atom is 0.250 e. The molecular formula is C14H15N3O. The predicted molar refractivity (Wildman–Crippen MR) is 69.3 cm³/mol. The third-order valence-corrected chi connectivity index (χ3v) is 3.56. The van der Waals surface area contributed by atoms with E-state index in [1.54, 1.807) is 6.20 Å². The zero-order valence-electron chi connectivity index (χ0n) is 10.3. The van der Waals surface area contributed by atoms with Crippen LogP contribution in [0.4, 0.5) is 5.69 Å². The molecule has 0 bridgehead atoms. The van der Waals surface area contributed by atoms with Crippen molar-refractivity contribution in [1.29, 1.82) is 0 Å². The van der Waals surface area contributed by atoms with Crippen LogP contribution in [-0.2, 0) is 12.8 Å². The van der Waals surface area contributed by atoms with Crippen LogP contribution in [0.25, 0.3) is 0 Å². The molecule has 1 aliphatic rings. The van der Waals surface area contributed by atoms with Crippen molar-refractivity contribution < 1.29 is 4.79 Å². The Kier molecular flexibility index (Phi) is 2.44. The van der Waals surface area contributed by atoms with Gasteiger partial charge in [0.15, 0.2) is 0 Å². The quantitative estimate of drug-likeness (QED) is 0.828. The van der Waals surface area contributed by atoms with Gasteiger partial charge in [-0.1, -0.05) is 24.3 Å². The second-order valence-electron chi connectivity index (χ2n) is 4.83. The van der Waals surface area contributed by atoms with Gasteiger partial charge in [-0.3, -0.25) is 4.79 Å². The first-order valence-electron chi connectivity index (χ1n) is 6.08. The summed E-state index contributed by atoms with van der Waals surface area (Å²) >= 11 is 0. The number of fused-ring (bicyclic) bond motifs is 1. The van der Waals surface area contributed by atoms with Crippen LogP contribution < -0.4 is 5.73 Å². The van der Waals surface area contributed by atoms with E-state index in [2.05, 4.69) is 17.2 Å². The van der Waals surface area contributed by atoms with E-state index in [0.717, 1.165) is 12.8 Å². The smallest absolute Gasteiger partial charge is 0.250 e. The van der Waals surface area contributed by atoms with E-state index >= 15 is 0 Å². The van der Waals surface area contributed by atoms with E-state index in [0.29, 0.717) is 11.4 Å². The van der Waals surface area contributed by atoms with E-state index < -0.39 is 0 Å². The molecule has 1 aliphatic carbocycles. The van der Waals surface area contributed by atoms with Gasteiger partial charge in [-0.15, -0.1) is 0 Å². The summed E-state index contributed by atoms with van der Waals surface area (Å²) < 4.78 is 1.39. The van der Waals surface area contributed by atoms with Crippen molar-refractivity contribution in [2.24, 2.45) is 5.92 Å². The van der Waals surface area contributed by atoms with E-state index in [-0.39, 0.29) is 11.8 Å². The fourth-order valence-corrected chi connectivity index (χ4v) is 2.51. The van der Waals surface area contributed by atoms with Crippen LogP contribution in [0.5, 0.6) is 0 Å². The lowest BCUT2D eigenvalue weighted by Crippen LogP contribution is -2.22. The Morgan fingerprint density at radius 1 is 1.33 bits per heavy atom. The van der Waals surface area contributed by atoms with Crippen LogP contribution in [0.15, 0.2) is 30.5 Å². The molecule has 0 atom stereocenters. The standard InChI is InChI=1S/C14H15N3O/c1-9-13(15)8-17(16-9)14(18)12-6-10-4-2-3-5-11(10)7-12/h2-5,8,12H,6-7,15H2,1H3. The molecule has 0 amide bonds. The van der Waals surface area contributed by atoms with Crippen LogP contribution in [0.1, 0.15) is 21.6 Å². The summed E-state index contributed by atoms with van der Waals surface area (Å²) in [5, 5.41) is 4.16. The molecule has 0 fully saturated rings. The van der Waals surface area contributed by atoms with Gasteiger partial charge in [0.2, 0.25) is 0 Å². The minimum absolute atomic E-state index is 0.0129. The van der Waals surface area contributed by atoms with Gasteiger partial charge in [0.05, 0.1) is 17.6 Å². The first kappa shape index (κ1) is 11.0. The van der Waals surface area contributed by atoms with Gasteiger partial charge in [0.25, 0.3) is 5.91 Å². The first-order chi connectivity index (χ1) is 8.65. The highest BCUT2D eigenvalue weighted by Crippen LogP contribution is 2.27. The van der Waals surface area contributed by atoms with E-state index in [9.17, 15) is 4.79 Å². The molecule has 0 saturated heterocycles. The minimum atomic E-state index is -0.0129. The fourth-order valence-electron chi connectivity index (χ4n) is 2.51. The van der Waals surface area contributed by atoms with Crippen molar-refractivity contribution in [3.8, 4) is 0 Å². The summed E-state index contributed by atoms with van der Waals surface area (Å²) in [7, 11) is 0. The molecule has 0 unspecified atom stereocenters. The third-order valence-electron chi connectivity index (χ3n) is 3.56. The number of hydrogen-bond acceptors (Lipinski definition) is 3. The summed E-state index contributed by atoms with van der Waals surface area (Å²) in [4.78, 5) is 12.3. The Hall–Kier alpha value is -2.10. The summed E-state index contributed by atoms with van der Waals surface area (Å²) in [6.45, 7) is 1.81. The number of rotatable bonds is 1. The van der Waals surface area contributed by atoms with Crippen molar-refractivity contribution in [2.75, 3.05) is 5.73 Å². The second-order valence-corrected chi connectivity index (χ2v) is 4.83. The van der Waals surface area contributed by atoms with E-state index in [4.69, 9.17) is 5.73 Å². The maximum absolute atomic E-state index is 12.3. The molecule has 0 saturated carbocycles. The SMILES string of the molecule is Cc1nn(C(=O)C2Cc3ccccc3C2)cc1N. The Morgan fingerprint density at radius 3 is 2.44 bits per heavy atom. The zero-order valence-corrected chi connectivity index (χ0v) is 10.3. The third kappa shape index (κ3) is 1.70. The summed E-state index contributed by atoms with van der Waals surface area (Å²) in [6.07, 6.45) is 3.21. The number of hydrogen-bond donors (Lipinski definition) is 1. The van der Waals surface area contributed by atoms with Gasteiger partial charge in [0, 0.05) is 5.92 Å². The Balaban J connectivity index is 1.84. The molecule has 4 nitrogen and oxygen atoms in total. The summed E-state index contributed by atoms with van der Waals surface area (Å²) in [5.41, 5.74) is 9.54. The number of benzene rings is 1. The number of nitrogens with two attached hydrogens (primary N) is 1. The average molecular weight is 241 g/mol.